The molecule has 0 saturated carbocycles. The van der Waals surface area contributed by atoms with Crippen LogP contribution >= 0.6 is 0 Å². The Morgan fingerprint density at radius 3 is 2.59 bits per heavy atom. The molecule has 4 heteroatoms. The van der Waals surface area contributed by atoms with Gasteiger partial charge in [-0.25, -0.2) is 0 Å². The summed E-state index contributed by atoms with van der Waals surface area (Å²) in [5.74, 6) is 0.284. The molecule has 2 rings (SSSR count). The molecule has 0 aromatic rings. The average molecular weight is 240 g/mol. The van der Waals surface area contributed by atoms with Crippen LogP contribution in [-0.4, -0.2) is 49.2 Å². The number of amides is 1. The van der Waals surface area contributed by atoms with Gasteiger partial charge in [0.1, 0.15) is 0 Å². The van der Waals surface area contributed by atoms with Gasteiger partial charge in [-0.1, -0.05) is 0 Å². The monoisotopic (exact) mass is 240 g/mol. The van der Waals surface area contributed by atoms with Gasteiger partial charge in [-0.05, 0) is 45.6 Å². The third-order valence-electron chi connectivity index (χ3n) is 4.15. The molecule has 0 aromatic heterocycles. The Morgan fingerprint density at radius 2 is 2.06 bits per heavy atom. The maximum atomic E-state index is 12.5. The van der Waals surface area contributed by atoms with E-state index in [2.05, 4.69) is 12.2 Å². The van der Waals surface area contributed by atoms with Crippen LogP contribution in [0.15, 0.2) is 0 Å². The molecule has 1 atom stereocenters. The fourth-order valence-electron chi connectivity index (χ4n) is 2.88. The lowest BCUT2D eigenvalue weighted by Gasteiger charge is -2.40. The maximum absolute atomic E-state index is 12.5. The summed E-state index contributed by atoms with van der Waals surface area (Å²) in [4.78, 5) is 14.5. The van der Waals surface area contributed by atoms with Crippen LogP contribution in [-0.2, 0) is 9.53 Å². The molecular weight excluding hydrogens is 216 g/mol. The lowest BCUT2D eigenvalue weighted by molar-refractivity contribution is -0.141. The van der Waals surface area contributed by atoms with Crippen molar-refractivity contribution in [3.63, 3.8) is 0 Å². The largest absolute Gasteiger partial charge is 0.381 e. The minimum Gasteiger partial charge on any atom is -0.381 e. The number of methoxy groups -OCH3 is 1. The van der Waals surface area contributed by atoms with Crippen LogP contribution in [0.2, 0.25) is 0 Å². The van der Waals surface area contributed by atoms with Gasteiger partial charge in [0.05, 0.1) is 11.6 Å². The minimum atomic E-state index is -0.321. The first-order chi connectivity index (χ1) is 8.15. The Morgan fingerprint density at radius 1 is 1.35 bits per heavy atom. The lowest BCUT2D eigenvalue weighted by atomic mass is 9.89. The van der Waals surface area contributed by atoms with E-state index in [4.69, 9.17) is 4.74 Å². The summed E-state index contributed by atoms with van der Waals surface area (Å²) in [5, 5.41) is 3.40. The van der Waals surface area contributed by atoms with Crippen molar-refractivity contribution < 1.29 is 9.53 Å². The Bertz CT molecular complexity index is 267. The van der Waals surface area contributed by atoms with Crippen LogP contribution in [0, 0.1) is 0 Å². The van der Waals surface area contributed by atoms with E-state index in [-0.39, 0.29) is 11.4 Å². The summed E-state index contributed by atoms with van der Waals surface area (Å²) in [7, 11) is 1.76. The van der Waals surface area contributed by atoms with Crippen molar-refractivity contribution in [3.8, 4) is 0 Å². The zero-order valence-corrected chi connectivity index (χ0v) is 11.0. The second kappa shape index (κ2) is 5.36. The van der Waals surface area contributed by atoms with Crippen LogP contribution in [0.4, 0.5) is 0 Å². The molecule has 2 fully saturated rings. The first-order valence-corrected chi connectivity index (χ1v) is 6.73. The van der Waals surface area contributed by atoms with Gasteiger partial charge in [-0.2, -0.15) is 0 Å². The van der Waals surface area contributed by atoms with Crippen molar-refractivity contribution in [3.05, 3.63) is 0 Å². The number of hydrogen-bond donors (Lipinski definition) is 1. The number of hydrogen-bond acceptors (Lipinski definition) is 3. The number of nitrogens with zero attached hydrogens (tertiary/aromatic N) is 1. The average Bonchev–Trinajstić information content (AvgIpc) is 2.39. The fraction of sp³-hybridized carbons (Fsp3) is 0.923. The number of carbonyl (C=O) groups is 1. The van der Waals surface area contributed by atoms with Crippen LogP contribution in [0.5, 0.6) is 0 Å². The molecule has 17 heavy (non-hydrogen) atoms. The van der Waals surface area contributed by atoms with Gasteiger partial charge >= 0.3 is 0 Å². The van der Waals surface area contributed by atoms with Gasteiger partial charge in [0, 0.05) is 20.2 Å². The van der Waals surface area contributed by atoms with Crippen molar-refractivity contribution in [2.75, 3.05) is 26.7 Å². The van der Waals surface area contributed by atoms with Crippen molar-refractivity contribution in [1.29, 1.82) is 0 Å². The Labute approximate surface area is 104 Å². The van der Waals surface area contributed by atoms with Gasteiger partial charge in [0.2, 0.25) is 5.91 Å². The molecular formula is C13H24N2O2. The molecule has 2 aliphatic heterocycles. The van der Waals surface area contributed by atoms with E-state index in [9.17, 15) is 4.79 Å². The van der Waals surface area contributed by atoms with E-state index >= 15 is 0 Å². The summed E-state index contributed by atoms with van der Waals surface area (Å²) >= 11 is 0. The summed E-state index contributed by atoms with van der Waals surface area (Å²) in [5.41, 5.74) is -0.321. The fourth-order valence-corrected chi connectivity index (χ4v) is 2.88. The maximum Gasteiger partial charge on any atom is 0.242 e. The predicted octanol–water partition coefficient (Wildman–Crippen LogP) is 1.16. The predicted molar refractivity (Wildman–Crippen MR) is 66.9 cm³/mol. The molecule has 2 heterocycles. The van der Waals surface area contributed by atoms with Crippen LogP contribution in [0.3, 0.4) is 0 Å². The molecule has 0 radical (unpaired) electrons. The Hall–Kier alpha value is -0.610. The standard InChI is InChI=1S/C13H24N2O2/c1-13(7-3-4-8-14-13)12(16)15-9-5-11(17-2)6-10-15/h11,14H,3-10H2,1-2H3. The second-order valence-electron chi connectivity index (χ2n) is 5.44. The third kappa shape index (κ3) is 2.80. The van der Waals surface area contributed by atoms with E-state index < -0.39 is 0 Å². The summed E-state index contributed by atoms with van der Waals surface area (Å²) in [6.45, 7) is 4.71. The van der Waals surface area contributed by atoms with Crippen molar-refractivity contribution in [2.45, 2.75) is 50.7 Å². The van der Waals surface area contributed by atoms with Crippen molar-refractivity contribution in [1.82, 2.24) is 10.2 Å². The smallest absolute Gasteiger partial charge is 0.242 e. The van der Waals surface area contributed by atoms with E-state index in [1.165, 1.54) is 6.42 Å². The highest BCUT2D eigenvalue weighted by atomic mass is 16.5. The molecule has 4 nitrogen and oxygen atoms in total. The third-order valence-corrected chi connectivity index (χ3v) is 4.15. The number of ether oxygens (including phenoxy) is 1. The number of piperidine rings is 2. The van der Waals surface area contributed by atoms with E-state index in [0.717, 1.165) is 45.3 Å². The molecule has 1 unspecified atom stereocenters. The van der Waals surface area contributed by atoms with E-state index in [1.54, 1.807) is 7.11 Å². The molecule has 2 saturated heterocycles. The molecule has 1 N–H and O–H groups in total. The zero-order chi connectivity index (χ0) is 12.3. The molecule has 0 spiro atoms. The normalized spacial score (nSPS) is 31.5. The highest BCUT2D eigenvalue weighted by Gasteiger charge is 2.38. The molecule has 0 bridgehead atoms. The Balaban J connectivity index is 1.91. The van der Waals surface area contributed by atoms with Gasteiger partial charge < -0.3 is 15.0 Å². The summed E-state index contributed by atoms with van der Waals surface area (Å²) < 4.78 is 5.34. The first-order valence-electron chi connectivity index (χ1n) is 6.73. The van der Waals surface area contributed by atoms with Crippen molar-refractivity contribution >= 4 is 5.91 Å². The second-order valence-corrected chi connectivity index (χ2v) is 5.44. The number of nitrogens with one attached hydrogen (secondary N) is 1. The van der Waals surface area contributed by atoms with Gasteiger partial charge in [0.15, 0.2) is 0 Å². The molecule has 0 aliphatic carbocycles. The summed E-state index contributed by atoms with van der Waals surface area (Å²) in [6, 6.07) is 0. The van der Waals surface area contributed by atoms with Crippen LogP contribution in [0.1, 0.15) is 39.0 Å². The number of likely N-dealkylation sites (tertiary alicyclic amines) is 1. The topological polar surface area (TPSA) is 41.6 Å². The minimum absolute atomic E-state index is 0.284. The van der Waals surface area contributed by atoms with E-state index in [0.29, 0.717) is 6.10 Å². The quantitative estimate of drug-likeness (QED) is 0.787. The van der Waals surface area contributed by atoms with Crippen molar-refractivity contribution in [2.24, 2.45) is 0 Å². The summed E-state index contributed by atoms with van der Waals surface area (Å²) in [6.07, 6.45) is 5.59. The van der Waals surface area contributed by atoms with Crippen LogP contribution < -0.4 is 5.32 Å². The zero-order valence-electron chi connectivity index (χ0n) is 11.0. The number of rotatable bonds is 2. The molecule has 0 aromatic carbocycles. The SMILES string of the molecule is COC1CCN(C(=O)C2(C)CCCCN2)CC1. The Kier molecular flexibility index (Phi) is 4.05. The highest BCUT2D eigenvalue weighted by Crippen LogP contribution is 2.23. The van der Waals surface area contributed by atoms with E-state index in [1.807, 2.05) is 4.90 Å². The molecule has 1 amide bonds. The van der Waals surface area contributed by atoms with Gasteiger partial charge in [-0.15, -0.1) is 0 Å². The molecule has 98 valence electrons. The molecule has 2 aliphatic rings. The van der Waals surface area contributed by atoms with Crippen LogP contribution in [0.25, 0.3) is 0 Å². The first kappa shape index (κ1) is 12.8. The number of carbonyl (C=O) groups excluding carboxylic acids is 1. The van der Waals surface area contributed by atoms with Gasteiger partial charge in [0.25, 0.3) is 0 Å². The lowest BCUT2D eigenvalue weighted by Crippen LogP contribution is -2.59. The van der Waals surface area contributed by atoms with Gasteiger partial charge in [-0.3, -0.25) is 4.79 Å². The highest BCUT2D eigenvalue weighted by molar-refractivity contribution is 5.86.